The van der Waals surface area contributed by atoms with Crippen molar-refractivity contribution < 1.29 is 14.3 Å². The second-order valence-corrected chi connectivity index (χ2v) is 2.47. The van der Waals surface area contributed by atoms with E-state index in [-0.39, 0.29) is 26.7 Å². The van der Waals surface area contributed by atoms with E-state index in [1.165, 1.54) is 0 Å². The summed E-state index contributed by atoms with van der Waals surface area (Å²) in [6, 6.07) is 0. The molecule has 82 valence electrons. The van der Waals surface area contributed by atoms with Crippen LogP contribution in [0.1, 0.15) is 35.1 Å². The van der Waals surface area contributed by atoms with Gasteiger partial charge in [0.05, 0.1) is 12.5 Å². The predicted molar refractivity (Wildman–Crippen MR) is 55.8 cm³/mol. The van der Waals surface area contributed by atoms with Crippen molar-refractivity contribution in [2.45, 2.75) is 35.1 Å². The molecule has 1 atom stereocenters. The van der Waals surface area contributed by atoms with E-state index in [0.717, 1.165) is 6.42 Å². The Bertz CT molecular complexity index is 113. The lowest BCUT2D eigenvalue weighted by Crippen LogP contribution is -2.16. The van der Waals surface area contributed by atoms with Gasteiger partial charge in [-0.25, -0.2) is 0 Å². The van der Waals surface area contributed by atoms with E-state index in [9.17, 15) is 4.79 Å². The zero-order valence-corrected chi connectivity index (χ0v) is 7.42. The highest BCUT2D eigenvalue weighted by atomic mass is 16.6. The number of carbonyl (C=O) groups excluding carboxylic acids is 1. The first-order valence-electron chi connectivity index (χ1n) is 3.88. The van der Waals surface area contributed by atoms with Gasteiger partial charge in [-0.15, -0.1) is 0 Å². The molecule has 0 spiro atoms. The van der Waals surface area contributed by atoms with E-state index >= 15 is 0 Å². The Kier molecular flexibility index (Phi) is 16.1. The second-order valence-electron chi connectivity index (χ2n) is 2.47. The van der Waals surface area contributed by atoms with Gasteiger partial charge in [-0.2, -0.15) is 0 Å². The van der Waals surface area contributed by atoms with Gasteiger partial charge in [0.2, 0.25) is 0 Å². The van der Waals surface area contributed by atoms with Crippen LogP contribution >= 0.6 is 0 Å². The van der Waals surface area contributed by atoms with Crippen LogP contribution in [0.25, 0.3) is 0 Å². The highest BCUT2D eigenvalue weighted by Gasteiger charge is 2.10. The maximum absolute atomic E-state index is 11.0. The molecule has 0 heterocycles. The Balaban J connectivity index is -0.000000500. The molecule has 0 aliphatic carbocycles. The molecule has 13 heavy (non-hydrogen) atoms. The molecule has 0 rings (SSSR count). The smallest absolute Gasteiger partial charge is 0.308 e. The molecule has 0 bridgehead atoms. The number of carbonyl (C=O) groups is 1. The highest BCUT2D eigenvalue weighted by molar-refractivity contribution is 5.71. The third-order valence-corrected chi connectivity index (χ3v) is 1.55. The van der Waals surface area contributed by atoms with E-state index < -0.39 is 0 Å². The maximum Gasteiger partial charge on any atom is 0.308 e. The first-order chi connectivity index (χ1) is 5.22. The number of ether oxygens (including phenoxy) is 2. The first kappa shape index (κ1) is 18.3. The van der Waals surface area contributed by atoms with Crippen LogP contribution < -0.4 is 0 Å². The molecule has 0 aromatic heterocycles. The summed E-state index contributed by atoms with van der Waals surface area (Å²) >= 11 is 0. The summed E-state index contributed by atoms with van der Waals surface area (Å²) < 4.78 is 9.60. The molecule has 0 aromatic carbocycles. The highest BCUT2D eigenvalue weighted by Crippen LogP contribution is 2.02. The number of hydrogen-bond acceptors (Lipinski definition) is 3. The zero-order chi connectivity index (χ0) is 8.69. The standard InChI is InChI=1S/C8H16O3.2CH4/c1-4-7(2)8(9)11-6-5-10-3;;/h7H,4-6H2,1-3H3;2*1H4. The number of esters is 1. The van der Waals surface area contributed by atoms with Crippen LogP contribution in [-0.4, -0.2) is 26.3 Å². The molecular weight excluding hydrogens is 168 g/mol. The quantitative estimate of drug-likeness (QED) is 0.496. The van der Waals surface area contributed by atoms with Crippen molar-refractivity contribution in [2.24, 2.45) is 5.92 Å². The zero-order valence-electron chi connectivity index (χ0n) is 7.42. The van der Waals surface area contributed by atoms with E-state index in [1.54, 1.807) is 7.11 Å². The molecule has 3 heteroatoms. The van der Waals surface area contributed by atoms with Crippen LogP contribution in [0.2, 0.25) is 0 Å². The van der Waals surface area contributed by atoms with E-state index in [0.29, 0.717) is 13.2 Å². The van der Waals surface area contributed by atoms with E-state index in [1.807, 2.05) is 13.8 Å². The second kappa shape index (κ2) is 11.4. The van der Waals surface area contributed by atoms with Crippen LogP contribution in [0, 0.1) is 5.92 Å². The molecule has 0 radical (unpaired) electrons. The minimum absolute atomic E-state index is 0. The molecule has 3 nitrogen and oxygen atoms in total. The Morgan fingerprint density at radius 3 is 2.23 bits per heavy atom. The molecule has 0 aliphatic rings. The SMILES string of the molecule is C.C.CCC(C)C(=O)OCCOC. The molecule has 0 aromatic rings. The fourth-order valence-corrected chi connectivity index (χ4v) is 0.535. The van der Waals surface area contributed by atoms with Gasteiger partial charge in [0, 0.05) is 7.11 Å². The van der Waals surface area contributed by atoms with Crippen molar-refractivity contribution in [1.82, 2.24) is 0 Å². The normalized spacial score (nSPS) is 10.7. The molecule has 0 saturated carbocycles. The first-order valence-corrected chi connectivity index (χ1v) is 3.88. The summed E-state index contributed by atoms with van der Waals surface area (Å²) in [7, 11) is 1.58. The third kappa shape index (κ3) is 9.34. The summed E-state index contributed by atoms with van der Waals surface area (Å²) in [6.45, 7) is 4.65. The van der Waals surface area contributed by atoms with Gasteiger partial charge in [0.1, 0.15) is 6.61 Å². The molecular formula is C10H24O3. The van der Waals surface area contributed by atoms with Gasteiger partial charge in [-0.05, 0) is 6.42 Å². The largest absolute Gasteiger partial charge is 0.463 e. The number of methoxy groups -OCH3 is 1. The van der Waals surface area contributed by atoms with E-state index in [2.05, 4.69) is 0 Å². The molecule has 0 amide bonds. The number of hydrogen-bond donors (Lipinski definition) is 0. The number of rotatable bonds is 5. The summed E-state index contributed by atoms with van der Waals surface area (Å²) in [5.41, 5.74) is 0. The van der Waals surface area contributed by atoms with Crippen LogP contribution in [-0.2, 0) is 14.3 Å². The summed E-state index contributed by atoms with van der Waals surface area (Å²) in [5, 5.41) is 0. The lowest BCUT2D eigenvalue weighted by molar-refractivity contribution is -0.149. The van der Waals surface area contributed by atoms with Crippen LogP contribution in [0.15, 0.2) is 0 Å². The minimum Gasteiger partial charge on any atom is -0.463 e. The van der Waals surface area contributed by atoms with Crippen molar-refractivity contribution in [1.29, 1.82) is 0 Å². The summed E-state index contributed by atoms with van der Waals surface area (Å²) in [5.74, 6) is -0.128. The monoisotopic (exact) mass is 192 g/mol. The van der Waals surface area contributed by atoms with Crippen molar-refractivity contribution in [3.05, 3.63) is 0 Å². The average molecular weight is 192 g/mol. The van der Waals surface area contributed by atoms with Gasteiger partial charge in [-0.1, -0.05) is 28.7 Å². The molecule has 1 unspecified atom stereocenters. The maximum atomic E-state index is 11.0. The minimum atomic E-state index is -0.135. The van der Waals surface area contributed by atoms with Crippen LogP contribution in [0.5, 0.6) is 0 Å². The lowest BCUT2D eigenvalue weighted by atomic mass is 10.1. The van der Waals surface area contributed by atoms with Gasteiger partial charge in [0.25, 0.3) is 0 Å². The Labute approximate surface area is 82.4 Å². The van der Waals surface area contributed by atoms with Crippen molar-refractivity contribution >= 4 is 5.97 Å². The summed E-state index contributed by atoms with van der Waals surface area (Å²) in [6.07, 6.45) is 0.825. The average Bonchev–Trinajstić information content (AvgIpc) is 2.03. The van der Waals surface area contributed by atoms with Crippen molar-refractivity contribution in [3.8, 4) is 0 Å². The lowest BCUT2D eigenvalue weighted by Gasteiger charge is -2.07. The van der Waals surface area contributed by atoms with Gasteiger partial charge in [0.15, 0.2) is 0 Å². The topological polar surface area (TPSA) is 35.5 Å². The Morgan fingerprint density at radius 2 is 1.85 bits per heavy atom. The van der Waals surface area contributed by atoms with Crippen LogP contribution in [0.4, 0.5) is 0 Å². The summed E-state index contributed by atoms with van der Waals surface area (Å²) in [4.78, 5) is 11.0. The van der Waals surface area contributed by atoms with Gasteiger partial charge < -0.3 is 9.47 Å². The fraction of sp³-hybridized carbons (Fsp3) is 0.900. The van der Waals surface area contributed by atoms with Crippen molar-refractivity contribution in [3.63, 3.8) is 0 Å². The molecule has 0 fully saturated rings. The molecule has 0 aliphatic heterocycles. The predicted octanol–water partition coefficient (Wildman–Crippen LogP) is 2.49. The molecule has 0 saturated heterocycles. The van der Waals surface area contributed by atoms with Crippen molar-refractivity contribution in [2.75, 3.05) is 20.3 Å². The Morgan fingerprint density at radius 1 is 1.31 bits per heavy atom. The molecule has 0 N–H and O–H groups in total. The van der Waals surface area contributed by atoms with E-state index in [4.69, 9.17) is 9.47 Å². The van der Waals surface area contributed by atoms with Gasteiger partial charge in [-0.3, -0.25) is 4.79 Å². The van der Waals surface area contributed by atoms with Crippen LogP contribution in [0.3, 0.4) is 0 Å². The third-order valence-electron chi connectivity index (χ3n) is 1.55. The fourth-order valence-electron chi connectivity index (χ4n) is 0.535. The Hall–Kier alpha value is -0.570. The van der Waals surface area contributed by atoms with Gasteiger partial charge >= 0.3 is 5.97 Å².